The lowest BCUT2D eigenvalue weighted by molar-refractivity contribution is -0.137. The van der Waals surface area contributed by atoms with Gasteiger partial charge in [0.1, 0.15) is 0 Å². The highest BCUT2D eigenvalue weighted by Crippen LogP contribution is 2.31. The summed E-state index contributed by atoms with van der Waals surface area (Å²) < 4.78 is 43.8. The van der Waals surface area contributed by atoms with Gasteiger partial charge in [-0.25, -0.2) is 4.79 Å². The van der Waals surface area contributed by atoms with E-state index in [1.54, 1.807) is 24.0 Å². The third-order valence-corrected chi connectivity index (χ3v) is 5.03. The van der Waals surface area contributed by atoms with Crippen LogP contribution in [0.5, 0.6) is 0 Å². The Labute approximate surface area is 161 Å². The molecule has 0 radical (unpaired) electrons. The Balaban J connectivity index is 1.67. The van der Waals surface area contributed by atoms with Crippen LogP contribution in [-0.2, 0) is 6.18 Å². The number of amides is 2. The highest BCUT2D eigenvalue weighted by atomic mass is 19.4. The van der Waals surface area contributed by atoms with Crippen molar-refractivity contribution < 1.29 is 22.5 Å². The number of carbonyl (C=O) groups excluding carboxylic acids is 1. The Morgan fingerprint density at radius 2 is 2.11 bits per heavy atom. The molecule has 1 N–H and O–H groups in total. The summed E-state index contributed by atoms with van der Waals surface area (Å²) in [6.07, 6.45) is -1.98. The summed E-state index contributed by atoms with van der Waals surface area (Å²) in [6.45, 7) is 6.52. The van der Waals surface area contributed by atoms with E-state index in [4.69, 9.17) is 4.52 Å². The molecule has 150 valence electrons. The molecule has 0 spiro atoms. The van der Waals surface area contributed by atoms with Crippen LogP contribution < -0.4 is 5.32 Å². The minimum atomic E-state index is -4.36. The largest absolute Gasteiger partial charge is 0.416 e. The van der Waals surface area contributed by atoms with E-state index >= 15 is 0 Å². The second-order valence-corrected chi connectivity index (χ2v) is 7.09. The van der Waals surface area contributed by atoms with E-state index in [9.17, 15) is 18.0 Å². The Bertz CT molecular complexity index is 902. The highest BCUT2D eigenvalue weighted by Gasteiger charge is 2.30. The average molecular weight is 393 g/mol. The summed E-state index contributed by atoms with van der Waals surface area (Å²) in [5.41, 5.74) is 2.37. The predicted molar refractivity (Wildman–Crippen MR) is 99.8 cm³/mol. The standard InChI is InChI=1S/C20H22F3N3O2/c1-12-11-26(19(27)24-18-13(2)14(3)25-28-18)8-7-16(12)9-15-5-4-6-17(10-15)20(21,22)23/h4-6,9-10,12H,7-8,11H2,1-3H3,(H,24,27). The number of rotatable bonds is 2. The Kier molecular flexibility index (Phi) is 5.49. The van der Waals surface area contributed by atoms with Crippen LogP contribution in [0.1, 0.15) is 35.7 Å². The number of nitrogens with one attached hydrogen (secondary N) is 1. The molecule has 2 amide bonds. The minimum absolute atomic E-state index is 0.0339. The smallest absolute Gasteiger partial charge is 0.338 e. The maximum absolute atomic E-state index is 12.9. The molecule has 8 heteroatoms. The number of carbonyl (C=O) groups is 1. The molecule has 0 saturated carbocycles. The molecule has 1 unspecified atom stereocenters. The zero-order chi connectivity index (χ0) is 20.5. The topological polar surface area (TPSA) is 58.4 Å². The van der Waals surface area contributed by atoms with Crippen LogP contribution in [0, 0.1) is 19.8 Å². The first-order valence-electron chi connectivity index (χ1n) is 9.01. The lowest BCUT2D eigenvalue weighted by Gasteiger charge is -2.33. The van der Waals surface area contributed by atoms with Gasteiger partial charge < -0.3 is 9.42 Å². The summed E-state index contributed by atoms with van der Waals surface area (Å²) >= 11 is 0. The van der Waals surface area contributed by atoms with Gasteiger partial charge in [-0.15, -0.1) is 0 Å². The van der Waals surface area contributed by atoms with Crippen molar-refractivity contribution in [2.75, 3.05) is 18.4 Å². The predicted octanol–water partition coefficient (Wildman–Crippen LogP) is 5.27. The van der Waals surface area contributed by atoms with Gasteiger partial charge in [0.2, 0.25) is 5.88 Å². The van der Waals surface area contributed by atoms with Crippen LogP contribution in [0.25, 0.3) is 6.08 Å². The van der Waals surface area contributed by atoms with Crippen LogP contribution in [0.2, 0.25) is 0 Å². The number of nitrogens with zero attached hydrogens (tertiary/aromatic N) is 2. The van der Waals surface area contributed by atoms with Crippen molar-refractivity contribution in [3.05, 3.63) is 52.2 Å². The van der Waals surface area contributed by atoms with Gasteiger partial charge in [-0.2, -0.15) is 13.2 Å². The van der Waals surface area contributed by atoms with E-state index in [1.807, 2.05) is 13.8 Å². The molecule has 1 atom stereocenters. The second-order valence-electron chi connectivity index (χ2n) is 7.09. The molecule has 2 aromatic rings. The molecule has 28 heavy (non-hydrogen) atoms. The van der Waals surface area contributed by atoms with Gasteiger partial charge in [0.15, 0.2) is 0 Å². The Morgan fingerprint density at radius 3 is 2.71 bits per heavy atom. The molecular weight excluding hydrogens is 371 g/mol. The van der Waals surface area contributed by atoms with E-state index in [0.29, 0.717) is 36.7 Å². The number of aromatic nitrogens is 1. The van der Waals surface area contributed by atoms with Crippen LogP contribution in [0.3, 0.4) is 0 Å². The third kappa shape index (κ3) is 4.37. The molecule has 1 aliphatic rings. The van der Waals surface area contributed by atoms with Gasteiger partial charge in [0.05, 0.1) is 11.3 Å². The molecule has 0 aliphatic carbocycles. The van der Waals surface area contributed by atoms with Crippen LogP contribution in [0.15, 0.2) is 34.4 Å². The number of alkyl halides is 3. The molecule has 0 bridgehead atoms. The summed E-state index contributed by atoms with van der Waals surface area (Å²) in [6, 6.07) is 5.00. The summed E-state index contributed by atoms with van der Waals surface area (Å²) in [5, 5.41) is 6.54. The maximum Gasteiger partial charge on any atom is 0.416 e. The zero-order valence-corrected chi connectivity index (χ0v) is 15.9. The number of urea groups is 1. The molecule has 3 rings (SSSR count). The van der Waals surface area contributed by atoms with E-state index in [0.717, 1.165) is 23.3 Å². The molecule has 5 nitrogen and oxygen atoms in total. The van der Waals surface area contributed by atoms with Crippen molar-refractivity contribution in [2.24, 2.45) is 5.92 Å². The van der Waals surface area contributed by atoms with Gasteiger partial charge >= 0.3 is 12.2 Å². The summed E-state index contributed by atoms with van der Waals surface area (Å²) in [7, 11) is 0. The number of hydrogen-bond donors (Lipinski definition) is 1. The fourth-order valence-corrected chi connectivity index (χ4v) is 3.18. The average Bonchev–Trinajstić information content (AvgIpc) is 2.95. The van der Waals surface area contributed by atoms with E-state index in [1.165, 1.54) is 6.07 Å². The van der Waals surface area contributed by atoms with Gasteiger partial charge in [-0.1, -0.05) is 35.9 Å². The van der Waals surface area contributed by atoms with Crippen molar-refractivity contribution in [1.29, 1.82) is 0 Å². The first-order chi connectivity index (χ1) is 13.1. The number of benzene rings is 1. The molecule has 1 saturated heterocycles. The molecule has 1 aromatic carbocycles. The highest BCUT2D eigenvalue weighted by molar-refractivity contribution is 5.88. The number of aryl methyl sites for hydroxylation is 1. The van der Waals surface area contributed by atoms with Crippen molar-refractivity contribution in [3.8, 4) is 0 Å². The van der Waals surface area contributed by atoms with E-state index in [-0.39, 0.29) is 11.9 Å². The minimum Gasteiger partial charge on any atom is -0.338 e. The van der Waals surface area contributed by atoms with Gasteiger partial charge in [-0.05, 0) is 43.9 Å². The first-order valence-corrected chi connectivity index (χ1v) is 9.01. The fraction of sp³-hybridized carbons (Fsp3) is 0.400. The number of hydrogen-bond acceptors (Lipinski definition) is 3. The third-order valence-electron chi connectivity index (χ3n) is 5.03. The monoisotopic (exact) mass is 393 g/mol. The van der Waals surface area contributed by atoms with Crippen molar-refractivity contribution >= 4 is 18.0 Å². The quantitative estimate of drug-likeness (QED) is 0.756. The van der Waals surface area contributed by atoms with Crippen molar-refractivity contribution in [1.82, 2.24) is 10.1 Å². The fourth-order valence-electron chi connectivity index (χ4n) is 3.18. The van der Waals surface area contributed by atoms with Crippen molar-refractivity contribution in [2.45, 2.75) is 33.4 Å². The van der Waals surface area contributed by atoms with Gasteiger partial charge in [-0.3, -0.25) is 5.32 Å². The SMILES string of the molecule is Cc1noc(NC(=O)N2CCC(=Cc3cccc(C(F)(F)F)c3)C(C)C2)c1C. The van der Waals surface area contributed by atoms with Crippen LogP contribution in [0.4, 0.5) is 23.8 Å². The van der Waals surface area contributed by atoms with Crippen LogP contribution in [-0.4, -0.2) is 29.2 Å². The van der Waals surface area contributed by atoms with E-state index < -0.39 is 11.7 Å². The molecule has 1 aromatic heterocycles. The van der Waals surface area contributed by atoms with Crippen LogP contribution >= 0.6 is 0 Å². The number of anilines is 1. The molecule has 1 fully saturated rings. The molecular formula is C20H22F3N3O2. The Hall–Kier alpha value is -2.77. The Morgan fingerprint density at radius 1 is 1.36 bits per heavy atom. The summed E-state index contributed by atoms with van der Waals surface area (Å²) in [5.74, 6) is 0.368. The van der Waals surface area contributed by atoms with Gasteiger partial charge in [0.25, 0.3) is 0 Å². The number of piperidine rings is 1. The summed E-state index contributed by atoms with van der Waals surface area (Å²) in [4.78, 5) is 14.1. The van der Waals surface area contributed by atoms with Gasteiger partial charge in [0, 0.05) is 18.7 Å². The van der Waals surface area contributed by atoms with E-state index in [2.05, 4.69) is 10.5 Å². The number of halogens is 3. The first kappa shape index (κ1) is 20.0. The molecule has 2 heterocycles. The maximum atomic E-state index is 12.9. The zero-order valence-electron chi connectivity index (χ0n) is 15.9. The number of likely N-dealkylation sites (tertiary alicyclic amines) is 1. The second kappa shape index (κ2) is 7.69. The normalized spacial score (nSPS) is 19.1. The lowest BCUT2D eigenvalue weighted by atomic mass is 9.91. The molecule has 1 aliphatic heterocycles. The van der Waals surface area contributed by atoms with Crippen molar-refractivity contribution in [3.63, 3.8) is 0 Å². The lowest BCUT2D eigenvalue weighted by Crippen LogP contribution is -2.42.